The minimum Gasteiger partial charge on any atom is -0.332 e. The van der Waals surface area contributed by atoms with Crippen LogP contribution in [-0.4, -0.2) is 26.0 Å². The second-order valence-corrected chi connectivity index (χ2v) is 9.23. The molecule has 0 spiro atoms. The van der Waals surface area contributed by atoms with E-state index in [0.29, 0.717) is 17.9 Å². The van der Waals surface area contributed by atoms with Crippen LogP contribution in [0.15, 0.2) is 59.5 Å². The molecule has 0 radical (unpaired) electrons. The molecule has 0 saturated heterocycles. The number of sulfonamides is 1. The van der Waals surface area contributed by atoms with Crippen LogP contribution in [0.5, 0.6) is 0 Å². The number of rotatable bonds is 6. The predicted molar refractivity (Wildman–Crippen MR) is 119 cm³/mol. The monoisotopic (exact) mass is 431 g/mol. The van der Waals surface area contributed by atoms with Gasteiger partial charge in [-0.3, -0.25) is 9.10 Å². The van der Waals surface area contributed by atoms with E-state index in [1.807, 2.05) is 6.07 Å². The Morgan fingerprint density at radius 2 is 1.69 bits per heavy atom. The van der Waals surface area contributed by atoms with E-state index in [4.69, 9.17) is 12.2 Å². The number of anilines is 2. The van der Waals surface area contributed by atoms with Gasteiger partial charge in [-0.1, -0.05) is 31.0 Å². The van der Waals surface area contributed by atoms with Crippen LogP contribution in [0.1, 0.15) is 32.6 Å². The number of nitrogens with zero attached hydrogens (tertiary/aromatic N) is 1. The molecule has 8 heteroatoms. The lowest BCUT2D eigenvalue weighted by Crippen LogP contribution is -2.37. The molecule has 1 saturated carbocycles. The van der Waals surface area contributed by atoms with Crippen molar-refractivity contribution in [3.05, 3.63) is 54.6 Å². The molecule has 2 aromatic carbocycles. The van der Waals surface area contributed by atoms with Gasteiger partial charge in [-0.25, -0.2) is 8.42 Å². The Bertz CT molecular complexity index is 954. The Hall–Kier alpha value is -2.45. The summed E-state index contributed by atoms with van der Waals surface area (Å²) in [6.45, 7) is 2.12. The largest absolute Gasteiger partial charge is 0.332 e. The maximum Gasteiger partial charge on any atom is 0.264 e. The fourth-order valence-electron chi connectivity index (χ4n) is 3.49. The van der Waals surface area contributed by atoms with Crippen LogP contribution in [0, 0.1) is 5.92 Å². The van der Waals surface area contributed by atoms with Gasteiger partial charge in [0.25, 0.3) is 10.0 Å². The maximum absolute atomic E-state index is 13.0. The molecule has 0 heterocycles. The first-order valence-electron chi connectivity index (χ1n) is 9.71. The van der Waals surface area contributed by atoms with E-state index < -0.39 is 10.0 Å². The van der Waals surface area contributed by atoms with Crippen molar-refractivity contribution in [3.63, 3.8) is 0 Å². The first kappa shape index (κ1) is 21.3. The molecular weight excluding hydrogens is 406 g/mol. The summed E-state index contributed by atoms with van der Waals surface area (Å²) < 4.78 is 27.4. The van der Waals surface area contributed by atoms with Crippen LogP contribution in [0.25, 0.3) is 0 Å². The molecule has 154 valence electrons. The molecule has 2 aromatic rings. The molecule has 6 nitrogen and oxygen atoms in total. The van der Waals surface area contributed by atoms with Gasteiger partial charge in [-0.15, -0.1) is 0 Å². The van der Waals surface area contributed by atoms with Crippen molar-refractivity contribution in [3.8, 4) is 0 Å². The summed E-state index contributed by atoms with van der Waals surface area (Å²) in [4.78, 5) is 12.3. The molecule has 0 unspecified atom stereocenters. The SMILES string of the molecule is CCN(c1ccccc1)S(=O)(=O)c1ccc(NC(=S)NC(=O)C2CCCC2)cc1. The number of benzene rings is 2. The minimum absolute atomic E-state index is 0.0280. The van der Waals surface area contributed by atoms with E-state index >= 15 is 0 Å². The lowest BCUT2D eigenvalue weighted by molar-refractivity contribution is -0.123. The zero-order valence-corrected chi connectivity index (χ0v) is 17.9. The zero-order valence-electron chi connectivity index (χ0n) is 16.3. The fraction of sp³-hybridized carbons (Fsp3) is 0.333. The maximum atomic E-state index is 13.0. The lowest BCUT2D eigenvalue weighted by Gasteiger charge is -2.23. The molecule has 1 fully saturated rings. The van der Waals surface area contributed by atoms with E-state index in [-0.39, 0.29) is 21.8 Å². The zero-order chi connectivity index (χ0) is 20.9. The molecule has 0 aliphatic heterocycles. The average molecular weight is 432 g/mol. The number of carbonyl (C=O) groups excluding carboxylic acids is 1. The van der Waals surface area contributed by atoms with Crippen molar-refractivity contribution >= 4 is 44.6 Å². The summed E-state index contributed by atoms with van der Waals surface area (Å²) in [5, 5.41) is 5.88. The number of thiocarbonyl (C=S) groups is 1. The molecule has 0 atom stereocenters. The summed E-state index contributed by atoms with van der Waals surface area (Å²) in [5.74, 6) is -0.0269. The van der Waals surface area contributed by atoms with Crippen LogP contribution in [0.4, 0.5) is 11.4 Å². The molecule has 2 N–H and O–H groups in total. The van der Waals surface area contributed by atoms with Gasteiger partial charge in [0.1, 0.15) is 0 Å². The van der Waals surface area contributed by atoms with E-state index in [1.165, 1.54) is 16.4 Å². The summed E-state index contributed by atoms with van der Waals surface area (Å²) in [6.07, 6.45) is 3.95. The topological polar surface area (TPSA) is 78.5 Å². The molecule has 3 rings (SSSR count). The smallest absolute Gasteiger partial charge is 0.264 e. The molecule has 29 heavy (non-hydrogen) atoms. The summed E-state index contributed by atoms with van der Waals surface area (Å²) in [6, 6.07) is 15.3. The van der Waals surface area contributed by atoms with Gasteiger partial charge in [-0.2, -0.15) is 0 Å². The normalized spacial score (nSPS) is 14.4. The van der Waals surface area contributed by atoms with E-state index in [9.17, 15) is 13.2 Å². The average Bonchev–Trinajstić information content (AvgIpc) is 3.24. The number of hydrogen-bond donors (Lipinski definition) is 2. The van der Waals surface area contributed by atoms with Gasteiger partial charge in [0.2, 0.25) is 5.91 Å². The number of nitrogens with one attached hydrogen (secondary N) is 2. The van der Waals surface area contributed by atoms with Gasteiger partial charge in [0, 0.05) is 18.2 Å². The van der Waals surface area contributed by atoms with Gasteiger partial charge < -0.3 is 10.6 Å². The molecule has 1 aliphatic carbocycles. The summed E-state index contributed by atoms with van der Waals surface area (Å²) >= 11 is 5.21. The number of para-hydroxylation sites is 1. The third-order valence-electron chi connectivity index (χ3n) is 4.99. The lowest BCUT2D eigenvalue weighted by atomic mass is 10.1. The Morgan fingerprint density at radius 1 is 1.07 bits per heavy atom. The van der Waals surface area contributed by atoms with Crippen molar-refractivity contribution in [2.24, 2.45) is 5.92 Å². The van der Waals surface area contributed by atoms with Crippen LogP contribution >= 0.6 is 12.2 Å². The van der Waals surface area contributed by atoms with Crippen molar-refractivity contribution < 1.29 is 13.2 Å². The van der Waals surface area contributed by atoms with Gasteiger partial charge in [0.05, 0.1) is 10.6 Å². The van der Waals surface area contributed by atoms with E-state index in [1.54, 1.807) is 43.3 Å². The number of hydrogen-bond acceptors (Lipinski definition) is 4. The summed E-state index contributed by atoms with van der Waals surface area (Å²) in [5.41, 5.74) is 1.23. The first-order valence-corrected chi connectivity index (χ1v) is 11.6. The van der Waals surface area contributed by atoms with Crippen molar-refractivity contribution in [1.29, 1.82) is 0 Å². The van der Waals surface area contributed by atoms with E-state index in [0.717, 1.165) is 25.7 Å². The van der Waals surface area contributed by atoms with Crippen LogP contribution < -0.4 is 14.9 Å². The number of amides is 1. The third-order valence-corrected chi connectivity index (χ3v) is 7.12. The van der Waals surface area contributed by atoms with Gasteiger partial charge in [0.15, 0.2) is 5.11 Å². The molecular formula is C21H25N3O3S2. The fourth-order valence-corrected chi connectivity index (χ4v) is 5.18. The second kappa shape index (κ2) is 9.37. The number of carbonyl (C=O) groups is 1. The molecule has 0 aromatic heterocycles. The second-order valence-electron chi connectivity index (χ2n) is 6.95. The molecule has 1 aliphatic rings. The Labute approximate surface area is 177 Å². The van der Waals surface area contributed by atoms with Crippen molar-refractivity contribution in [2.45, 2.75) is 37.5 Å². The highest BCUT2D eigenvalue weighted by atomic mass is 32.2. The minimum atomic E-state index is -3.68. The van der Waals surface area contributed by atoms with E-state index in [2.05, 4.69) is 10.6 Å². The molecule has 0 bridgehead atoms. The molecule has 1 amide bonds. The highest BCUT2D eigenvalue weighted by molar-refractivity contribution is 7.92. The Morgan fingerprint density at radius 3 is 2.28 bits per heavy atom. The Kier molecular flexibility index (Phi) is 6.87. The van der Waals surface area contributed by atoms with Crippen molar-refractivity contribution in [1.82, 2.24) is 5.32 Å². The Balaban J connectivity index is 1.67. The van der Waals surface area contributed by atoms with Crippen LogP contribution in [0.2, 0.25) is 0 Å². The summed E-state index contributed by atoms with van der Waals surface area (Å²) in [7, 11) is -3.68. The standard InChI is InChI=1S/C21H25N3O3S2/c1-2-24(18-10-4-3-5-11-18)29(26,27)19-14-12-17(13-15-19)22-21(28)23-20(25)16-8-6-7-9-16/h3-5,10-16H,2,6-9H2,1H3,(H2,22,23,25,28). The van der Waals surface area contributed by atoms with Gasteiger partial charge >= 0.3 is 0 Å². The first-order chi connectivity index (χ1) is 13.9. The van der Waals surface area contributed by atoms with Gasteiger partial charge in [-0.05, 0) is 68.4 Å². The van der Waals surface area contributed by atoms with Crippen molar-refractivity contribution in [2.75, 3.05) is 16.2 Å². The highest BCUT2D eigenvalue weighted by Crippen LogP contribution is 2.25. The predicted octanol–water partition coefficient (Wildman–Crippen LogP) is 3.91. The highest BCUT2D eigenvalue weighted by Gasteiger charge is 2.24. The third kappa shape index (κ3) is 5.13. The van der Waals surface area contributed by atoms with Crippen LogP contribution in [0.3, 0.4) is 0 Å². The quantitative estimate of drug-likeness (QED) is 0.678. The van der Waals surface area contributed by atoms with Crippen LogP contribution in [-0.2, 0) is 14.8 Å².